The first-order valence-corrected chi connectivity index (χ1v) is 9.36. The zero-order valence-corrected chi connectivity index (χ0v) is 14.4. The number of rotatable bonds is 1. The van der Waals surface area contributed by atoms with Crippen LogP contribution in [0.2, 0.25) is 0 Å². The SMILES string of the molecule is O=C1CCCC2=C1[C@@H](c1ccc3c(c1)OCO3)Sc1ccccc1N2. The standard InChI is InChI=1S/C20H17NO3S/c22-15-6-3-5-14-19(15)20(25-18-7-2-1-4-13(18)21-14)12-8-9-16-17(10-12)24-11-23-16/h1-2,4,7-10,20-21H,3,5-6,11H2/t20-/m1/s1. The average Bonchev–Trinajstić information content (AvgIpc) is 3.02. The lowest BCUT2D eigenvalue weighted by atomic mass is 9.89. The molecule has 2 aliphatic heterocycles. The van der Waals surface area contributed by atoms with Crippen molar-refractivity contribution in [3.63, 3.8) is 0 Å². The van der Waals surface area contributed by atoms with Crippen LogP contribution in [0.15, 0.2) is 58.6 Å². The van der Waals surface area contributed by atoms with E-state index in [1.54, 1.807) is 11.8 Å². The van der Waals surface area contributed by atoms with Crippen LogP contribution in [0, 0.1) is 0 Å². The molecule has 2 aromatic rings. The molecule has 0 spiro atoms. The summed E-state index contributed by atoms with van der Waals surface area (Å²) in [5.41, 5.74) is 4.14. The Morgan fingerprint density at radius 1 is 1.04 bits per heavy atom. The molecule has 3 aliphatic rings. The number of fused-ring (bicyclic) bond motifs is 2. The van der Waals surface area contributed by atoms with Crippen molar-refractivity contribution < 1.29 is 14.3 Å². The number of nitrogens with one attached hydrogen (secondary N) is 1. The lowest BCUT2D eigenvalue weighted by Gasteiger charge is -2.24. The smallest absolute Gasteiger partial charge is 0.231 e. The molecule has 2 aromatic carbocycles. The fourth-order valence-corrected chi connectivity index (χ4v) is 4.96. The normalized spacial score (nSPS) is 21.3. The van der Waals surface area contributed by atoms with Crippen LogP contribution < -0.4 is 14.8 Å². The number of hydrogen-bond acceptors (Lipinski definition) is 5. The molecule has 0 radical (unpaired) electrons. The van der Waals surface area contributed by atoms with Crippen LogP contribution in [0.25, 0.3) is 0 Å². The predicted molar refractivity (Wildman–Crippen MR) is 97.1 cm³/mol. The van der Waals surface area contributed by atoms with Crippen LogP contribution in [0.5, 0.6) is 11.5 Å². The van der Waals surface area contributed by atoms with Gasteiger partial charge in [-0.15, -0.1) is 11.8 Å². The van der Waals surface area contributed by atoms with Crippen LogP contribution in [-0.2, 0) is 4.79 Å². The number of allylic oxidation sites excluding steroid dienone is 1. The largest absolute Gasteiger partial charge is 0.454 e. The lowest BCUT2D eigenvalue weighted by Crippen LogP contribution is -2.19. The maximum atomic E-state index is 12.8. The van der Waals surface area contributed by atoms with E-state index < -0.39 is 0 Å². The number of carbonyl (C=O) groups is 1. The van der Waals surface area contributed by atoms with Crippen LogP contribution in [0.1, 0.15) is 30.1 Å². The van der Waals surface area contributed by atoms with E-state index >= 15 is 0 Å². The van der Waals surface area contributed by atoms with Gasteiger partial charge in [0.1, 0.15) is 0 Å². The molecule has 0 aromatic heterocycles. The number of thioether (sulfide) groups is 1. The van der Waals surface area contributed by atoms with Gasteiger partial charge < -0.3 is 14.8 Å². The van der Waals surface area contributed by atoms with Crippen molar-refractivity contribution in [2.24, 2.45) is 0 Å². The number of ether oxygens (including phenoxy) is 2. The summed E-state index contributed by atoms with van der Waals surface area (Å²) in [5.74, 6) is 1.77. The fraction of sp³-hybridized carbons (Fsp3) is 0.250. The third-order valence-corrected chi connectivity index (χ3v) is 6.19. The molecule has 0 amide bonds. The van der Waals surface area contributed by atoms with Gasteiger partial charge in [-0.3, -0.25) is 4.79 Å². The Morgan fingerprint density at radius 2 is 1.92 bits per heavy atom. The maximum Gasteiger partial charge on any atom is 0.231 e. The molecule has 1 N–H and O–H groups in total. The van der Waals surface area contributed by atoms with Crippen LogP contribution >= 0.6 is 11.8 Å². The first-order valence-electron chi connectivity index (χ1n) is 8.48. The number of hydrogen-bond donors (Lipinski definition) is 1. The molecule has 126 valence electrons. The van der Waals surface area contributed by atoms with Crippen molar-refractivity contribution in [3.8, 4) is 11.5 Å². The van der Waals surface area contributed by atoms with E-state index in [9.17, 15) is 4.79 Å². The van der Waals surface area contributed by atoms with Crippen LogP contribution in [0.3, 0.4) is 0 Å². The molecule has 1 aliphatic carbocycles. The van der Waals surface area contributed by atoms with Gasteiger partial charge in [-0.25, -0.2) is 0 Å². The second-order valence-electron chi connectivity index (χ2n) is 6.40. The predicted octanol–water partition coefficient (Wildman–Crippen LogP) is 4.68. The summed E-state index contributed by atoms with van der Waals surface area (Å²) in [5, 5.41) is 3.49. The third kappa shape index (κ3) is 2.50. The molecule has 0 unspecified atom stereocenters. The fourth-order valence-electron chi connectivity index (χ4n) is 3.63. The molecule has 4 nitrogen and oxygen atoms in total. The molecule has 2 heterocycles. The van der Waals surface area contributed by atoms with Gasteiger partial charge in [0, 0.05) is 22.6 Å². The van der Waals surface area contributed by atoms with Gasteiger partial charge in [0.2, 0.25) is 6.79 Å². The molecule has 0 bridgehead atoms. The first kappa shape index (κ1) is 14.9. The Kier molecular flexibility index (Phi) is 3.48. The Bertz CT molecular complexity index is 906. The van der Waals surface area contributed by atoms with E-state index in [0.717, 1.165) is 51.8 Å². The molecular formula is C20H17NO3S. The Labute approximate surface area is 150 Å². The van der Waals surface area contributed by atoms with Crippen molar-refractivity contribution in [3.05, 3.63) is 59.3 Å². The second-order valence-corrected chi connectivity index (χ2v) is 7.55. The minimum Gasteiger partial charge on any atom is -0.454 e. The van der Waals surface area contributed by atoms with E-state index in [1.165, 1.54) is 0 Å². The van der Waals surface area contributed by atoms with Crippen molar-refractivity contribution in [2.45, 2.75) is 29.4 Å². The molecule has 0 saturated carbocycles. The van der Waals surface area contributed by atoms with Gasteiger partial charge in [-0.1, -0.05) is 18.2 Å². The number of carbonyl (C=O) groups excluding carboxylic acids is 1. The highest BCUT2D eigenvalue weighted by molar-refractivity contribution is 8.00. The maximum absolute atomic E-state index is 12.8. The van der Waals surface area contributed by atoms with Crippen molar-refractivity contribution in [1.82, 2.24) is 0 Å². The van der Waals surface area contributed by atoms with Gasteiger partial charge in [0.05, 0.1) is 10.9 Å². The van der Waals surface area contributed by atoms with Crippen LogP contribution in [0.4, 0.5) is 5.69 Å². The molecule has 5 heteroatoms. The summed E-state index contributed by atoms with van der Waals surface area (Å²) < 4.78 is 11.0. The Hall–Kier alpha value is -2.40. The van der Waals surface area contributed by atoms with Gasteiger partial charge >= 0.3 is 0 Å². The molecule has 1 atom stereocenters. The average molecular weight is 351 g/mol. The summed E-state index contributed by atoms with van der Waals surface area (Å²) in [4.78, 5) is 13.9. The minimum absolute atomic E-state index is 0.0338. The number of benzene rings is 2. The van der Waals surface area contributed by atoms with E-state index in [2.05, 4.69) is 17.4 Å². The first-order chi connectivity index (χ1) is 12.3. The van der Waals surface area contributed by atoms with Crippen molar-refractivity contribution in [1.29, 1.82) is 0 Å². The van der Waals surface area contributed by atoms with Gasteiger partial charge in [0.25, 0.3) is 0 Å². The highest BCUT2D eigenvalue weighted by Gasteiger charge is 2.33. The van der Waals surface area contributed by atoms with Gasteiger partial charge in [-0.2, -0.15) is 0 Å². The van der Waals surface area contributed by atoms with E-state index in [4.69, 9.17) is 9.47 Å². The van der Waals surface area contributed by atoms with Crippen molar-refractivity contribution >= 4 is 23.2 Å². The number of para-hydroxylation sites is 1. The van der Waals surface area contributed by atoms with Gasteiger partial charge in [0.15, 0.2) is 17.3 Å². The molecule has 5 rings (SSSR count). The summed E-state index contributed by atoms with van der Waals surface area (Å²) in [7, 11) is 0. The lowest BCUT2D eigenvalue weighted by molar-refractivity contribution is -0.116. The molecule has 0 saturated heterocycles. The van der Waals surface area contributed by atoms with E-state index in [0.29, 0.717) is 6.42 Å². The zero-order valence-electron chi connectivity index (χ0n) is 13.6. The second kappa shape index (κ2) is 5.85. The van der Waals surface area contributed by atoms with Crippen molar-refractivity contribution in [2.75, 3.05) is 12.1 Å². The highest BCUT2D eigenvalue weighted by atomic mass is 32.2. The van der Waals surface area contributed by atoms with Crippen LogP contribution in [-0.4, -0.2) is 12.6 Å². The third-order valence-electron chi connectivity index (χ3n) is 4.84. The summed E-state index contributed by atoms with van der Waals surface area (Å²) in [6.45, 7) is 0.258. The topological polar surface area (TPSA) is 47.6 Å². The summed E-state index contributed by atoms with van der Waals surface area (Å²) >= 11 is 1.73. The summed E-state index contributed by atoms with van der Waals surface area (Å²) in [6, 6.07) is 14.3. The molecular weight excluding hydrogens is 334 g/mol. The van der Waals surface area contributed by atoms with E-state index in [1.807, 2.05) is 30.3 Å². The zero-order chi connectivity index (χ0) is 16.8. The quantitative estimate of drug-likeness (QED) is 0.808. The minimum atomic E-state index is -0.0338. The van der Waals surface area contributed by atoms with E-state index in [-0.39, 0.29) is 17.8 Å². The number of Topliss-reactive ketones (excluding diaryl/α,β-unsaturated/α-hetero) is 1. The summed E-state index contributed by atoms with van der Waals surface area (Å²) in [6.07, 6.45) is 2.45. The van der Waals surface area contributed by atoms with Gasteiger partial charge in [-0.05, 0) is 42.7 Å². The number of anilines is 1. The number of ketones is 1. The Morgan fingerprint density at radius 3 is 2.88 bits per heavy atom. The Balaban J connectivity index is 1.66. The highest BCUT2D eigenvalue weighted by Crippen LogP contribution is 2.50. The molecule has 0 fully saturated rings. The monoisotopic (exact) mass is 351 g/mol. The molecule has 25 heavy (non-hydrogen) atoms.